The number of hydrogen-bond donors (Lipinski definition) is 2. The SMILES string of the molecule is CSc1ccc(Cl)c(C(=O)NC(C)C(=O)O)c1. The minimum atomic E-state index is -1.09. The fourth-order valence-corrected chi connectivity index (χ4v) is 1.78. The summed E-state index contributed by atoms with van der Waals surface area (Å²) in [7, 11) is 0. The average molecular weight is 274 g/mol. The minimum Gasteiger partial charge on any atom is -0.480 e. The van der Waals surface area contributed by atoms with Crippen molar-refractivity contribution in [1.29, 1.82) is 0 Å². The van der Waals surface area contributed by atoms with Gasteiger partial charge in [0.25, 0.3) is 5.91 Å². The first-order valence-electron chi connectivity index (χ1n) is 4.83. The quantitative estimate of drug-likeness (QED) is 0.826. The Morgan fingerprint density at radius 3 is 2.65 bits per heavy atom. The second kappa shape index (κ2) is 5.93. The Balaban J connectivity index is 2.91. The van der Waals surface area contributed by atoms with Crippen LogP contribution in [0.2, 0.25) is 5.02 Å². The molecular weight excluding hydrogens is 262 g/mol. The third kappa shape index (κ3) is 3.64. The molecule has 1 unspecified atom stereocenters. The van der Waals surface area contributed by atoms with Gasteiger partial charge in [-0.1, -0.05) is 11.6 Å². The average Bonchev–Trinajstić information content (AvgIpc) is 2.29. The highest BCUT2D eigenvalue weighted by Gasteiger charge is 2.17. The predicted octanol–water partition coefficient (Wildman–Crippen LogP) is 2.26. The maximum absolute atomic E-state index is 11.8. The third-order valence-electron chi connectivity index (χ3n) is 2.14. The summed E-state index contributed by atoms with van der Waals surface area (Å²) < 4.78 is 0. The normalized spacial score (nSPS) is 11.9. The number of halogens is 1. The lowest BCUT2D eigenvalue weighted by atomic mass is 10.2. The first-order valence-corrected chi connectivity index (χ1v) is 6.43. The molecule has 0 heterocycles. The fraction of sp³-hybridized carbons (Fsp3) is 0.273. The van der Waals surface area contributed by atoms with Crippen LogP contribution < -0.4 is 5.32 Å². The van der Waals surface area contributed by atoms with Crippen molar-refractivity contribution in [3.05, 3.63) is 28.8 Å². The fourth-order valence-electron chi connectivity index (χ4n) is 1.14. The molecule has 0 aliphatic rings. The van der Waals surface area contributed by atoms with Crippen molar-refractivity contribution < 1.29 is 14.7 Å². The van der Waals surface area contributed by atoms with Crippen molar-refractivity contribution >= 4 is 35.2 Å². The Morgan fingerprint density at radius 2 is 2.12 bits per heavy atom. The van der Waals surface area contributed by atoms with Gasteiger partial charge in [-0.3, -0.25) is 9.59 Å². The first kappa shape index (κ1) is 13.9. The van der Waals surface area contributed by atoms with E-state index in [4.69, 9.17) is 16.7 Å². The molecule has 4 nitrogen and oxygen atoms in total. The second-order valence-electron chi connectivity index (χ2n) is 3.38. The number of carbonyl (C=O) groups is 2. The van der Waals surface area contributed by atoms with E-state index in [0.29, 0.717) is 5.02 Å². The van der Waals surface area contributed by atoms with E-state index in [1.54, 1.807) is 18.2 Å². The summed E-state index contributed by atoms with van der Waals surface area (Å²) in [6.45, 7) is 1.40. The Bertz CT molecular complexity index is 450. The molecular formula is C11H12ClNO3S. The van der Waals surface area contributed by atoms with Crippen molar-refractivity contribution in [2.45, 2.75) is 17.9 Å². The summed E-state index contributed by atoms with van der Waals surface area (Å²) in [6, 6.07) is 4.10. The molecule has 1 amide bonds. The van der Waals surface area contributed by atoms with Crippen molar-refractivity contribution in [3.8, 4) is 0 Å². The molecule has 0 aliphatic carbocycles. The number of rotatable bonds is 4. The van der Waals surface area contributed by atoms with Crippen LogP contribution in [0.25, 0.3) is 0 Å². The van der Waals surface area contributed by atoms with Gasteiger partial charge in [0.1, 0.15) is 6.04 Å². The third-order valence-corrected chi connectivity index (χ3v) is 3.19. The van der Waals surface area contributed by atoms with E-state index in [0.717, 1.165) is 4.90 Å². The molecule has 0 aliphatic heterocycles. The lowest BCUT2D eigenvalue weighted by Gasteiger charge is -2.11. The Hall–Kier alpha value is -1.20. The zero-order valence-electron chi connectivity index (χ0n) is 9.36. The van der Waals surface area contributed by atoms with Crippen molar-refractivity contribution in [2.75, 3.05) is 6.26 Å². The maximum Gasteiger partial charge on any atom is 0.325 e. The highest BCUT2D eigenvalue weighted by atomic mass is 35.5. The molecule has 1 atom stereocenters. The number of thioether (sulfide) groups is 1. The minimum absolute atomic E-state index is 0.284. The highest BCUT2D eigenvalue weighted by molar-refractivity contribution is 7.98. The summed E-state index contributed by atoms with van der Waals surface area (Å²) in [5.74, 6) is -1.57. The number of amides is 1. The van der Waals surface area contributed by atoms with Gasteiger partial charge >= 0.3 is 5.97 Å². The standard InChI is InChI=1S/C11H12ClNO3S/c1-6(11(15)16)13-10(14)8-5-7(17-2)3-4-9(8)12/h3-6H,1-2H3,(H,13,14)(H,15,16). The van der Waals surface area contributed by atoms with Crippen LogP contribution in [0, 0.1) is 0 Å². The first-order chi connectivity index (χ1) is 7.95. The van der Waals surface area contributed by atoms with Crippen LogP contribution in [-0.4, -0.2) is 29.3 Å². The predicted molar refractivity (Wildman–Crippen MR) is 67.8 cm³/mol. The van der Waals surface area contributed by atoms with Crippen molar-refractivity contribution in [2.24, 2.45) is 0 Å². The van der Waals surface area contributed by atoms with E-state index < -0.39 is 17.9 Å². The number of nitrogens with one attached hydrogen (secondary N) is 1. The zero-order valence-corrected chi connectivity index (χ0v) is 10.9. The monoisotopic (exact) mass is 273 g/mol. The molecule has 92 valence electrons. The molecule has 0 saturated heterocycles. The molecule has 1 rings (SSSR count). The van der Waals surface area contributed by atoms with Gasteiger partial charge in [0.15, 0.2) is 0 Å². The van der Waals surface area contributed by atoms with Crippen LogP contribution in [0.5, 0.6) is 0 Å². The molecule has 0 spiro atoms. The summed E-state index contributed by atoms with van der Waals surface area (Å²) >= 11 is 7.37. The van der Waals surface area contributed by atoms with Crippen molar-refractivity contribution in [1.82, 2.24) is 5.32 Å². The van der Waals surface area contributed by atoms with Gasteiger partial charge < -0.3 is 10.4 Å². The van der Waals surface area contributed by atoms with Gasteiger partial charge in [0.05, 0.1) is 10.6 Å². The number of benzene rings is 1. The van der Waals surface area contributed by atoms with E-state index >= 15 is 0 Å². The molecule has 0 fully saturated rings. The van der Waals surface area contributed by atoms with Crippen LogP contribution in [0.1, 0.15) is 17.3 Å². The van der Waals surface area contributed by atoms with Gasteiger partial charge in [0.2, 0.25) is 0 Å². The van der Waals surface area contributed by atoms with E-state index in [9.17, 15) is 9.59 Å². The van der Waals surface area contributed by atoms with Gasteiger partial charge in [-0.05, 0) is 31.4 Å². The smallest absolute Gasteiger partial charge is 0.325 e. The summed E-state index contributed by atoms with van der Waals surface area (Å²) in [5.41, 5.74) is 0.284. The van der Waals surface area contributed by atoms with Crippen molar-refractivity contribution in [3.63, 3.8) is 0 Å². The lowest BCUT2D eigenvalue weighted by Crippen LogP contribution is -2.38. The number of carbonyl (C=O) groups excluding carboxylic acids is 1. The number of aliphatic carboxylic acids is 1. The molecule has 0 saturated carbocycles. The zero-order chi connectivity index (χ0) is 13.0. The van der Waals surface area contributed by atoms with Crippen LogP contribution >= 0.6 is 23.4 Å². The highest BCUT2D eigenvalue weighted by Crippen LogP contribution is 2.22. The number of hydrogen-bond acceptors (Lipinski definition) is 3. The van der Waals surface area contributed by atoms with Gasteiger partial charge in [-0.15, -0.1) is 11.8 Å². The van der Waals surface area contributed by atoms with Gasteiger partial charge in [-0.25, -0.2) is 0 Å². The van der Waals surface area contributed by atoms with E-state index in [1.165, 1.54) is 18.7 Å². The van der Waals surface area contributed by atoms with E-state index in [2.05, 4.69) is 5.32 Å². The molecule has 0 aromatic heterocycles. The Morgan fingerprint density at radius 1 is 1.47 bits per heavy atom. The number of carboxylic acids is 1. The molecule has 0 bridgehead atoms. The molecule has 1 aromatic rings. The van der Waals surface area contributed by atoms with Gasteiger partial charge in [-0.2, -0.15) is 0 Å². The Labute approximate surface area is 108 Å². The molecule has 6 heteroatoms. The molecule has 17 heavy (non-hydrogen) atoms. The lowest BCUT2D eigenvalue weighted by molar-refractivity contribution is -0.138. The largest absolute Gasteiger partial charge is 0.480 e. The topological polar surface area (TPSA) is 66.4 Å². The summed E-state index contributed by atoms with van der Waals surface area (Å²) in [4.78, 5) is 23.3. The second-order valence-corrected chi connectivity index (χ2v) is 4.67. The molecule has 0 radical (unpaired) electrons. The molecule has 1 aromatic carbocycles. The molecule has 2 N–H and O–H groups in total. The van der Waals surface area contributed by atoms with Gasteiger partial charge in [0, 0.05) is 4.90 Å². The maximum atomic E-state index is 11.8. The van der Waals surface area contributed by atoms with Crippen LogP contribution in [0.3, 0.4) is 0 Å². The van der Waals surface area contributed by atoms with Crippen LogP contribution in [0.4, 0.5) is 0 Å². The summed E-state index contributed by atoms with van der Waals surface area (Å²) in [6.07, 6.45) is 1.88. The van der Waals surface area contributed by atoms with E-state index in [1.807, 2.05) is 6.26 Å². The Kier molecular flexibility index (Phi) is 4.84. The number of carboxylic acid groups (broad SMARTS) is 1. The van der Waals surface area contributed by atoms with Crippen LogP contribution in [0.15, 0.2) is 23.1 Å². The summed E-state index contributed by atoms with van der Waals surface area (Å²) in [5, 5.41) is 11.4. The van der Waals surface area contributed by atoms with E-state index in [-0.39, 0.29) is 5.56 Å². The van der Waals surface area contributed by atoms with Crippen LogP contribution in [-0.2, 0) is 4.79 Å².